The second-order valence-corrected chi connectivity index (χ2v) is 7.22. The van der Waals surface area contributed by atoms with Crippen LogP contribution >= 0.6 is 23.2 Å². The van der Waals surface area contributed by atoms with Crippen LogP contribution in [0.2, 0.25) is 10.0 Å². The fourth-order valence-electron chi connectivity index (χ4n) is 3.05. The number of rotatable bonds is 1. The van der Waals surface area contributed by atoms with Gasteiger partial charge in [-0.1, -0.05) is 29.3 Å². The van der Waals surface area contributed by atoms with Gasteiger partial charge < -0.3 is 21.1 Å². The molecule has 31 heavy (non-hydrogen) atoms. The smallest absolute Gasteiger partial charge is 0.475 e. The van der Waals surface area contributed by atoms with Crippen molar-refractivity contribution in [1.82, 2.24) is 14.5 Å². The minimum Gasteiger partial charge on any atom is -0.475 e. The summed E-state index contributed by atoms with van der Waals surface area (Å²) in [7, 11) is 1.98. The first-order valence-electron chi connectivity index (χ1n) is 8.46. The van der Waals surface area contributed by atoms with Crippen LogP contribution in [-0.4, -0.2) is 31.8 Å². The van der Waals surface area contributed by atoms with Gasteiger partial charge in [0.1, 0.15) is 5.82 Å². The van der Waals surface area contributed by atoms with E-state index < -0.39 is 12.1 Å². The number of fused-ring (bicyclic) bond motifs is 3. The molecular weight excluding hydrogens is 458 g/mol. The summed E-state index contributed by atoms with van der Waals surface area (Å²) in [5.74, 6) is -2.24. The number of nitrogens with two attached hydrogens (primary N) is 2. The number of carboxylic acid groups (broad SMARTS) is 1. The molecule has 2 aromatic heterocycles. The summed E-state index contributed by atoms with van der Waals surface area (Å²) < 4.78 is 33.8. The van der Waals surface area contributed by atoms with Crippen molar-refractivity contribution in [2.24, 2.45) is 7.05 Å². The molecule has 0 spiro atoms. The van der Waals surface area contributed by atoms with E-state index in [1.165, 1.54) is 0 Å². The van der Waals surface area contributed by atoms with Gasteiger partial charge in [-0.3, -0.25) is 0 Å². The Morgan fingerprint density at radius 2 is 1.74 bits per heavy atom. The predicted molar refractivity (Wildman–Crippen MR) is 114 cm³/mol. The van der Waals surface area contributed by atoms with Crippen molar-refractivity contribution in [3.05, 3.63) is 46.6 Å². The van der Waals surface area contributed by atoms with Gasteiger partial charge in [-0.15, -0.1) is 0 Å². The molecule has 162 valence electrons. The molecule has 4 aromatic rings. The number of alkyl halides is 3. The molecule has 12 heteroatoms. The van der Waals surface area contributed by atoms with Gasteiger partial charge in [-0.25, -0.2) is 9.78 Å². The zero-order chi connectivity index (χ0) is 23.1. The number of carbonyl (C=O) groups is 1. The third kappa shape index (κ3) is 4.44. The van der Waals surface area contributed by atoms with Gasteiger partial charge in [0.2, 0.25) is 5.95 Å². The molecule has 5 N–H and O–H groups in total. The molecule has 0 radical (unpaired) electrons. The highest BCUT2D eigenvalue weighted by Gasteiger charge is 2.38. The summed E-state index contributed by atoms with van der Waals surface area (Å²) in [5.41, 5.74) is 15.5. The topological polar surface area (TPSA) is 120 Å². The van der Waals surface area contributed by atoms with Gasteiger partial charge in [0.25, 0.3) is 0 Å². The van der Waals surface area contributed by atoms with Crippen molar-refractivity contribution >= 4 is 62.7 Å². The molecular formula is C19H14Cl2F3N5O2. The molecule has 0 fully saturated rings. The average Bonchev–Trinajstić information content (AvgIpc) is 3.04. The number of nitrogens with zero attached hydrogens (tertiary/aromatic N) is 3. The van der Waals surface area contributed by atoms with Crippen LogP contribution in [0.25, 0.3) is 32.9 Å². The molecule has 0 amide bonds. The van der Waals surface area contributed by atoms with Crippen molar-refractivity contribution in [3.63, 3.8) is 0 Å². The third-order valence-electron chi connectivity index (χ3n) is 4.33. The Bertz CT molecular complexity index is 1320. The maximum Gasteiger partial charge on any atom is 0.490 e. The zero-order valence-electron chi connectivity index (χ0n) is 15.7. The van der Waals surface area contributed by atoms with E-state index in [0.29, 0.717) is 21.4 Å². The quantitative estimate of drug-likeness (QED) is 0.363. The number of aromatic nitrogens is 3. The molecule has 0 saturated carbocycles. The summed E-state index contributed by atoms with van der Waals surface area (Å²) in [5, 5.41) is 9.90. The van der Waals surface area contributed by atoms with Crippen LogP contribution in [0.4, 0.5) is 24.9 Å². The molecule has 0 aliphatic rings. The van der Waals surface area contributed by atoms with Gasteiger partial charge in [0, 0.05) is 24.2 Å². The van der Waals surface area contributed by atoms with E-state index in [1.807, 2.05) is 42.1 Å². The summed E-state index contributed by atoms with van der Waals surface area (Å²) in [6.07, 6.45) is -3.11. The summed E-state index contributed by atoms with van der Waals surface area (Å²) in [6, 6.07) is 9.49. The van der Waals surface area contributed by atoms with Gasteiger partial charge in [0.05, 0.1) is 26.5 Å². The van der Waals surface area contributed by atoms with Crippen LogP contribution in [0.1, 0.15) is 0 Å². The highest BCUT2D eigenvalue weighted by Crippen LogP contribution is 2.38. The lowest BCUT2D eigenvalue weighted by molar-refractivity contribution is -0.192. The summed E-state index contributed by atoms with van der Waals surface area (Å²) in [4.78, 5) is 17.3. The molecule has 0 aliphatic heterocycles. The van der Waals surface area contributed by atoms with E-state index in [9.17, 15) is 13.2 Å². The lowest BCUT2D eigenvalue weighted by Crippen LogP contribution is -2.21. The molecule has 0 saturated heterocycles. The van der Waals surface area contributed by atoms with E-state index in [4.69, 9.17) is 44.6 Å². The van der Waals surface area contributed by atoms with Crippen LogP contribution in [-0.2, 0) is 11.8 Å². The Morgan fingerprint density at radius 3 is 2.32 bits per heavy atom. The van der Waals surface area contributed by atoms with Crippen molar-refractivity contribution in [1.29, 1.82) is 0 Å². The normalized spacial score (nSPS) is 11.4. The number of hydrogen-bond acceptors (Lipinski definition) is 5. The fourth-order valence-corrected chi connectivity index (χ4v) is 3.35. The van der Waals surface area contributed by atoms with Gasteiger partial charge in [-0.05, 0) is 29.8 Å². The van der Waals surface area contributed by atoms with Crippen LogP contribution in [0.15, 0.2) is 36.5 Å². The maximum atomic E-state index is 10.6. The first-order valence-corrected chi connectivity index (χ1v) is 9.22. The minimum absolute atomic E-state index is 0.148. The van der Waals surface area contributed by atoms with Crippen LogP contribution in [0.3, 0.4) is 0 Å². The second kappa shape index (κ2) is 8.12. The number of anilines is 2. The first kappa shape index (κ1) is 22.4. The Hall–Kier alpha value is -3.24. The molecule has 0 atom stereocenters. The molecule has 7 nitrogen and oxygen atoms in total. The zero-order valence-corrected chi connectivity index (χ0v) is 17.2. The number of aryl methyl sites for hydroxylation is 1. The van der Waals surface area contributed by atoms with E-state index in [0.717, 1.165) is 27.4 Å². The molecule has 2 heterocycles. The van der Waals surface area contributed by atoms with Gasteiger partial charge >= 0.3 is 12.1 Å². The van der Waals surface area contributed by atoms with E-state index in [2.05, 4.69) is 9.97 Å². The first-order chi connectivity index (χ1) is 14.4. The Morgan fingerprint density at radius 1 is 1.10 bits per heavy atom. The monoisotopic (exact) mass is 471 g/mol. The Kier molecular flexibility index (Phi) is 5.88. The molecule has 4 rings (SSSR count). The number of nitrogen functional groups attached to an aromatic ring is 2. The van der Waals surface area contributed by atoms with E-state index in [1.54, 1.807) is 6.07 Å². The fraction of sp³-hybridized carbons (Fsp3) is 0.105. The average molecular weight is 472 g/mol. The minimum atomic E-state index is -5.08. The number of carboxylic acids is 1. The van der Waals surface area contributed by atoms with E-state index >= 15 is 0 Å². The lowest BCUT2D eigenvalue weighted by Gasteiger charge is -2.11. The molecule has 0 aliphatic carbocycles. The van der Waals surface area contributed by atoms with Crippen molar-refractivity contribution in [3.8, 4) is 11.1 Å². The molecule has 0 bridgehead atoms. The standard InChI is InChI=1S/C17H13Cl2N5.C2HF3O2/c1-24-5-4-9-14-13(22-17(21)23-16(14)20)7-10(15(9)24)8-2-3-11(18)12(19)6-8;3-2(4,5)1(6)7/h2-7H,1H3,(H4,20,21,22,23);(H,6,7). The third-order valence-corrected chi connectivity index (χ3v) is 5.07. The number of halogens is 5. The second-order valence-electron chi connectivity index (χ2n) is 6.41. The summed E-state index contributed by atoms with van der Waals surface area (Å²) >= 11 is 12.2. The van der Waals surface area contributed by atoms with Gasteiger partial charge in [0.15, 0.2) is 0 Å². The highest BCUT2D eigenvalue weighted by atomic mass is 35.5. The maximum absolute atomic E-state index is 10.6. The highest BCUT2D eigenvalue weighted by molar-refractivity contribution is 6.42. The molecule has 2 aromatic carbocycles. The number of benzene rings is 2. The van der Waals surface area contributed by atoms with Crippen LogP contribution in [0.5, 0.6) is 0 Å². The van der Waals surface area contributed by atoms with Gasteiger partial charge in [-0.2, -0.15) is 18.2 Å². The number of aliphatic carboxylic acids is 1. The van der Waals surface area contributed by atoms with Crippen molar-refractivity contribution in [2.75, 3.05) is 11.5 Å². The Balaban J connectivity index is 0.000000339. The summed E-state index contributed by atoms with van der Waals surface area (Å²) in [6.45, 7) is 0. The SMILES string of the molecule is Cn1ccc2c3c(N)nc(N)nc3cc(-c3ccc(Cl)c(Cl)c3)c21.O=C(O)C(F)(F)F. The van der Waals surface area contributed by atoms with Crippen LogP contribution in [0, 0.1) is 0 Å². The predicted octanol–water partition coefficient (Wildman–Crippen LogP) is 4.89. The van der Waals surface area contributed by atoms with Crippen molar-refractivity contribution in [2.45, 2.75) is 6.18 Å². The largest absolute Gasteiger partial charge is 0.490 e. The molecule has 0 unspecified atom stereocenters. The Labute approximate surface area is 183 Å². The number of hydrogen-bond donors (Lipinski definition) is 3. The lowest BCUT2D eigenvalue weighted by atomic mass is 10.00. The van der Waals surface area contributed by atoms with Crippen LogP contribution < -0.4 is 11.5 Å². The van der Waals surface area contributed by atoms with Crippen molar-refractivity contribution < 1.29 is 23.1 Å². The van der Waals surface area contributed by atoms with E-state index in [-0.39, 0.29) is 5.95 Å².